The number of ketones is 1. The number of anilines is 1. The molecule has 1 aliphatic carbocycles. The van der Waals surface area contributed by atoms with Crippen molar-refractivity contribution in [2.45, 2.75) is 26.2 Å². The van der Waals surface area contributed by atoms with Crippen molar-refractivity contribution in [2.24, 2.45) is 25.4 Å². The van der Waals surface area contributed by atoms with E-state index in [1.54, 1.807) is 7.05 Å². The van der Waals surface area contributed by atoms with Gasteiger partial charge in [0.1, 0.15) is 11.6 Å². The maximum Gasteiger partial charge on any atom is 0.332 e. The number of carbonyl (C=O) groups is 1. The van der Waals surface area contributed by atoms with Crippen LogP contribution in [0.25, 0.3) is 0 Å². The molecule has 0 unspecified atom stereocenters. The third kappa shape index (κ3) is 2.34. The minimum Gasteiger partial charge on any atom is -0.344 e. The van der Waals surface area contributed by atoms with Gasteiger partial charge < -0.3 is 5.32 Å². The zero-order chi connectivity index (χ0) is 18.8. The van der Waals surface area contributed by atoms with Gasteiger partial charge in [-0.05, 0) is 16.9 Å². The summed E-state index contributed by atoms with van der Waals surface area (Å²) in [7, 11) is 3.13. The summed E-state index contributed by atoms with van der Waals surface area (Å²) in [4.78, 5) is 39.4. The van der Waals surface area contributed by atoms with E-state index in [1.807, 2.05) is 31.4 Å². The second kappa shape index (κ2) is 5.54. The zero-order valence-electron chi connectivity index (χ0n) is 15.2. The Morgan fingerprint density at radius 3 is 2.54 bits per heavy atom. The lowest BCUT2D eigenvalue weighted by molar-refractivity contribution is -0.124. The fraction of sp³-hybridized carbons (Fsp3) is 0.421. The number of aromatic nitrogens is 2. The van der Waals surface area contributed by atoms with E-state index in [1.165, 1.54) is 23.0 Å². The predicted molar refractivity (Wildman–Crippen MR) is 102 cm³/mol. The number of nitrogens with zero attached hydrogens (tertiary/aromatic N) is 2. The van der Waals surface area contributed by atoms with Crippen LogP contribution in [0.4, 0.5) is 5.82 Å². The van der Waals surface area contributed by atoms with Gasteiger partial charge in [-0.1, -0.05) is 26.0 Å². The van der Waals surface area contributed by atoms with Crippen molar-refractivity contribution < 1.29 is 4.79 Å². The molecule has 0 spiro atoms. The number of nitrogens with one attached hydrogen (secondary N) is 1. The molecule has 2 aromatic heterocycles. The number of rotatable bonds is 1. The summed E-state index contributed by atoms with van der Waals surface area (Å²) >= 11 is 1.53. The SMILES string of the molecule is Cn1c2c(c(=O)n(C)c1=O)[C@H](c1cccs1)[C@H]1C(=O)CC(C)(C)C=C1N2. The Bertz CT molecular complexity index is 1060. The molecule has 0 bridgehead atoms. The lowest BCUT2D eigenvalue weighted by Crippen LogP contribution is -2.47. The van der Waals surface area contributed by atoms with Gasteiger partial charge in [0, 0.05) is 37.0 Å². The summed E-state index contributed by atoms with van der Waals surface area (Å²) in [6.45, 7) is 4.04. The fourth-order valence-electron chi connectivity index (χ4n) is 4.15. The Hall–Kier alpha value is -2.41. The molecule has 2 aliphatic rings. The highest BCUT2D eigenvalue weighted by Gasteiger charge is 2.46. The van der Waals surface area contributed by atoms with Crippen LogP contribution in [0.3, 0.4) is 0 Å². The summed E-state index contributed by atoms with van der Waals surface area (Å²) in [5.74, 6) is -0.171. The van der Waals surface area contributed by atoms with Crippen LogP contribution in [-0.2, 0) is 18.9 Å². The minimum atomic E-state index is -0.417. The van der Waals surface area contributed by atoms with Crippen LogP contribution < -0.4 is 16.6 Å². The number of Topliss-reactive ketones (excluding diaryl/α,β-unsaturated/α-hetero) is 1. The van der Waals surface area contributed by atoms with E-state index in [2.05, 4.69) is 11.4 Å². The van der Waals surface area contributed by atoms with Crippen molar-refractivity contribution in [3.8, 4) is 0 Å². The first-order valence-electron chi connectivity index (χ1n) is 8.57. The van der Waals surface area contributed by atoms with Crippen molar-refractivity contribution in [1.82, 2.24) is 9.13 Å². The first-order chi connectivity index (χ1) is 12.2. The molecule has 0 amide bonds. The molecule has 2 aromatic rings. The van der Waals surface area contributed by atoms with Gasteiger partial charge in [-0.15, -0.1) is 11.3 Å². The van der Waals surface area contributed by atoms with Crippen LogP contribution in [0.15, 0.2) is 38.9 Å². The highest BCUT2D eigenvalue weighted by molar-refractivity contribution is 7.10. The predicted octanol–water partition coefficient (Wildman–Crippen LogP) is 2.20. The molecular formula is C19H21N3O3S. The summed E-state index contributed by atoms with van der Waals surface area (Å²) in [6.07, 6.45) is 2.51. The summed E-state index contributed by atoms with van der Waals surface area (Å²) in [6, 6.07) is 3.88. The molecule has 136 valence electrons. The molecule has 7 heteroatoms. The topological polar surface area (TPSA) is 73.1 Å². The lowest BCUT2D eigenvalue weighted by atomic mass is 9.68. The van der Waals surface area contributed by atoms with Crippen molar-refractivity contribution in [3.05, 3.63) is 60.6 Å². The molecule has 26 heavy (non-hydrogen) atoms. The second-order valence-corrected chi connectivity index (χ2v) is 8.77. The molecule has 1 N–H and O–H groups in total. The van der Waals surface area contributed by atoms with Crippen LogP contribution in [0.5, 0.6) is 0 Å². The molecule has 0 fully saturated rings. The zero-order valence-corrected chi connectivity index (χ0v) is 16.0. The number of thiophene rings is 1. The highest BCUT2D eigenvalue weighted by atomic mass is 32.1. The van der Waals surface area contributed by atoms with E-state index in [-0.39, 0.29) is 28.4 Å². The fourth-order valence-corrected chi connectivity index (χ4v) is 5.03. The number of hydrogen-bond acceptors (Lipinski definition) is 5. The maximum absolute atomic E-state index is 13.1. The van der Waals surface area contributed by atoms with Crippen molar-refractivity contribution >= 4 is 22.9 Å². The van der Waals surface area contributed by atoms with Gasteiger partial charge in [0.25, 0.3) is 5.56 Å². The first kappa shape index (κ1) is 17.0. The van der Waals surface area contributed by atoms with Crippen LogP contribution in [-0.4, -0.2) is 14.9 Å². The van der Waals surface area contributed by atoms with E-state index in [4.69, 9.17) is 0 Å². The molecule has 0 saturated heterocycles. The minimum absolute atomic E-state index is 0.125. The second-order valence-electron chi connectivity index (χ2n) is 7.80. The van der Waals surface area contributed by atoms with Gasteiger partial charge in [-0.3, -0.25) is 18.7 Å². The van der Waals surface area contributed by atoms with Crippen molar-refractivity contribution in [2.75, 3.05) is 5.32 Å². The molecule has 0 aromatic carbocycles. The standard InChI is InChI=1S/C19H21N3O3S/c1-19(2)8-10-13(11(23)9-19)14(12-6-5-7-26-12)15-16(20-10)21(3)18(25)22(4)17(15)24/h5-8,13-14,20H,9H2,1-4H3/t13-,14-/m1/s1. The molecule has 2 atom stereocenters. The molecule has 1 aliphatic heterocycles. The Morgan fingerprint density at radius 2 is 1.88 bits per heavy atom. The maximum atomic E-state index is 13.1. The van der Waals surface area contributed by atoms with Crippen molar-refractivity contribution in [1.29, 1.82) is 0 Å². The molecular weight excluding hydrogens is 350 g/mol. The molecule has 0 saturated carbocycles. The average molecular weight is 371 g/mol. The number of carbonyl (C=O) groups excluding carboxylic acids is 1. The first-order valence-corrected chi connectivity index (χ1v) is 9.45. The van der Waals surface area contributed by atoms with Gasteiger partial charge >= 0.3 is 5.69 Å². The van der Waals surface area contributed by atoms with Gasteiger partial charge in [-0.25, -0.2) is 4.79 Å². The molecule has 0 radical (unpaired) electrons. The molecule has 3 heterocycles. The lowest BCUT2D eigenvalue weighted by Gasteiger charge is -2.40. The van der Waals surface area contributed by atoms with Crippen LogP contribution in [0.2, 0.25) is 0 Å². The summed E-state index contributed by atoms with van der Waals surface area (Å²) in [5, 5.41) is 5.20. The van der Waals surface area contributed by atoms with Gasteiger partial charge in [-0.2, -0.15) is 0 Å². The van der Waals surface area contributed by atoms with Crippen LogP contribution in [0.1, 0.15) is 36.6 Å². The van der Waals surface area contributed by atoms with E-state index in [0.717, 1.165) is 15.1 Å². The van der Waals surface area contributed by atoms with E-state index < -0.39 is 5.92 Å². The Morgan fingerprint density at radius 1 is 1.15 bits per heavy atom. The Balaban J connectivity index is 2.08. The summed E-state index contributed by atoms with van der Waals surface area (Å²) < 4.78 is 2.58. The average Bonchev–Trinajstić information content (AvgIpc) is 3.09. The van der Waals surface area contributed by atoms with E-state index in [0.29, 0.717) is 17.8 Å². The number of fused-ring (bicyclic) bond motifs is 2. The van der Waals surface area contributed by atoms with Crippen LogP contribution >= 0.6 is 11.3 Å². The number of hydrogen-bond donors (Lipinski definition) is 1. The van der Waals surface area contributed by atoms with Gasteiger partial charge in [0.2, 0.25) is 0 Å². The largest absolute Gasteiger partial charge is 0.344 e. The molecule has 6 nitrogen and oxygen atoms in total. The van der Waals surface area contributed by atoms with E-state index >= 15 is 0 Å². The highest BCUT2D eigenvalue weighted by Crippen LogP contribution is 2.48. The Labute approximate surface area is 154 Å². The quantitative estimate of drug-likeness (QED) is 0.834. The third-order valence-corrected chi connectivity index (χ3v) is 6.27. The van der Waals surface area contributed by atoms with Gasteiger partial charge in [0.15, 0.2) is 0 Å². The normalized spacial score (nSPS) is 23.7. The smallest absolute Gasteiger partial charge is 0.332 e. The third-order valence-electron chi connectivity index (χ3n) is 5.31. The summed E-state index contributed by atoms with van der Waals surface area (Å²) in [5.41, 5.74) is 0.302. The monoisotopic (exact) mass is 371 g/mol. The van der Waals surface area contributed by atoms with Crippen LogP contribution in [0, 0.1) is 11.3 Å². The number of allylic oxidation sites excluding steroid dienone is 2. The van der Waals surface area contributed by atoms with Gasteiger partial charge in [0.05, 0.1) is 11.5 Å². The van der Waals surface area contributed by atoms with E-state index in [9.17, 15) is 14.4 Å². The molecule has 4 rings (SSSR count). The Kier molecular flexibility index (Phi) is 3.63. The van der Waals surface area contributed by atoms with Crippen molar-refractivity contribution in [3.63, 3.8) is 0 Å².